The van der Waals surface area contributed by atoms with Gasteiger partial charge in [-0.15, -0.1) is 0 Å². The van der Waals surface area contributed by atoms with Crippen LogP contribution < -0.4 is 11.5 Å². The Labute approximate surface area is 96.6 Å². The summed E-state index contributed by atoms with van der Waals surface area (Å²) in [5.41, 5.74) is 16.1. The Bertz CT molecular complexity index is 468. The Morgan fingerprint density at radius 3 is 2.56 bits per heavy atom. The zero-order valence-electron chi connectivity index (χ0n) is 9.83. The zero-order chi connectivity index (χ0) is 11.8. The summed E-state index contributed by atoms with van der Waals surface area (Å²) in [5, 5.41) is 0. The highest BCUT2D eigenvalue weighted by atomic mass is 14.9. The fourth-order valence-electron chi connectivity index (χ4n) is 1.93. The van der Waals surface area contributed by atoms with Gasteiger partial charge < -0.3 is 11.5 Å². The first-order chi connectivity index (χ1) is 7.49. The van der Waals surface area contributed by atoms with Crippen LogP contribution in [-0.2, 0) is 0 Å². The summed E-state index contributed by atoms with van der Waals surface area (Å²) >= 11 is 0. The quantitative estimate of drug-likeness (QED) is 0.704. The standard InChI is InChI=1S/C14H18N2/c1-10-4-3-5-13(11(10)2)12-6-8-14(15,16)9-7-12/h3-8H,9,15-16H2,1-2H3. The van der Waals surface area contributed by atoms with Crippen molar-refractivity contribution in [3.8, 4) is 0 Å². The lowest BCUT2D eigenvalue weighted by molar-refractivity contribution is 0.559. The van der Waals surface area contributed by atoms with Crippen molar-refractivity contribution in [2.24, 2.45) is 11.5 Å². The smallest absolute Gasteiger partial charge is 0.0867 e. The number of benzene rings is 1. The molecule has 0 fully saturated rings. The predicted octanol–water partition coefficient (Wildman–Crippen LogP) is 2.26. The van der Waals surface area contributed by atoms with Gasteiger partial charge in [0, 0.05) is 6.42 Å². The highest BCUT2D eigenvalue weighted by Crippen LogP contribution is 2.26. The number of aryl methyl sites for hydroxylation is 1. The Balaban J connectivity index is 2.38. The van der Waals surface area contributed by atoms with Crippen molar-refractivity contribution in [1.82, 2.24) is 0 Å². The molecule has 4 N–H and O–H groups in total. The van der Waals surface area contributed by atoms with Gasteiger partial charge in [0.2, 0.25) is 0 Å². The summed E-state index contributed by atoms with van der Waals surface area (Å²) in [7, 11) is 0. The molecule has 0 unspecified atom stereocenters. The van der Waals surface area contributed by atoms with Gasteiger partial charge in [-0.25, -0.2) is 0 Å². The van der Waals surface area contributed by atoms with Gasteiger partial charge >= 0.3 is 0 Å². The van der Waals surface area contributed by atoms with Crippen LogP contribution in [0, 0.1) is 13.8 Å². The van der Waals surface area contributed by atoms with Gasteiger partial charge in [-0.3, -0.25) is 0 Å². The van der Waals surface area contributed by atoms with E-state index in [1.54, 1.807) is 0 Å². The predicted molar refractivity (Wildman–Crippen MR) is 68.8 cm³/mol. The normalized spacial score (nSPS) is 18.4. The van der Waals surface area contributed by atoms with Crippen LogP contribution in [0.4, 0.5) is 0 Å². The molecular formula is C14H18N2. The third kappa shape index (κ3) is 2.08. The molecule has 0 aliphatic heterocycles. The summed E-state index contributed by atoms with van der Waals surface area (Å²) in [5.74, 6) is 0. The lowest BCUT2D eigenvalue weighted by Gasteiger charge is -2.23. The van der Waals surface area contributed by atoms with Crippen LogP contribution in [0.5, 0.6) is 0 Å². The van der Waals surface area contributed by atoms with Crippen molar-refractivity contribution >= 4 is 5.57 Å². The molecule has 2 nitrogen and oxygen atoms in total. The zero-order valence-corrected chi connectivity index (χ0v) is 9.83. The molecular weight excluding hydrogens is 196 g/mol. The minimum atomic E-state index is -0.679. The molecule has 0 saturated carbocycles. The maximum Gasteiger partial charge on any atom is 0.0867 e. The maximum absolute atomic E-state index is 5.83. The van der Waals surface area contributed by atoms with E-state index in [1.807, 2.05) is 12.2 Å². The average Bonchev–Trinajstić information content (AvgIpc) is 2.23. The molecule has 0 spiro atoms. The second-order valence-electron chi connectivity index (χ2n) is 4.56. The molecule has 1 aliphatic carbocycles. The second-order valence-corrected chi connectivity index (χ2v) is 4.56. The van der Waals surface area contributed by atoms with Gasteiger partial charge in [-0.05, 0) is 42.2 Å². The molecule has 2 heteroatoms. The van der Waals surface area contributed by atoms with Gasteiger partial charge in [0.25, 0.3) is 0 Å². The molecule has 2 rings (SSSR count). The van der Waals surface area contributed by atoms with E-state index in [0.29, 0.717) is 6.42 Å². The van der Waals surface area contributed by atoms with Crippen LogP contribution in [-0.4, -0.2) is 5.66 Å². The number of nitrogens with two attached hydrogens (primary N) is 2. The van der Waals surface area contributed by atoms with Crippen molar-refractivity contribution < 1.29 is 0 Å². The van der Waals surface area contributed by atoms with Gasteiger partial charge in [0.15, 0.2) is 0 Å². The first-order valence-electron chi connectivity index (χ1n) is 5.53. The van der Waals surface area contributed by atoms with Gasteiger partial charge in [-0.1, -0.05) is 30.4 Å². The van der Waals surface area contributed by atoms with Crippen molar-refractivity contribution in [3.05, 3.63) is 53.1 Å². The molecule has 0 aromatic heterocycles. The second kappa shape index (κ2) is 3.89. The average molecular weight is 214 g/mol. The van der Waals surface area contributed by atoms with Crippen LogP contribution in [0.2, 0.25) is 0 Å². The Morgan fingerprint density at radius 2 is 1.94 bits per heavy atom. The van der Waals surface area contributed by atoms with Gasteiger partial charge in [-0.2, -0.15) is 0 Å². The van der Waals surface area contributed by atoms with E-state index in [-0.39, 0.29) is 0 Å². The monoisotopic (exact) mass is 214 g/mol. The van der Waals surface area contributed by atoms with Crippen LogP contribution in [0.25, 0.3) is 5.57 Å². The summed E-state index contributed by atoms with van der Waals surface area (Å²) in [6.07, 6.45) is 6.70. The lowest BCUT2D eigenvalue weighted by Crippen LogP contribution is -2.47. The topological polar surface area (TPSA) is 52.0 Å². The van der Waals surface area contributed by atoms with E-state index in [4.69, 9.17) is 11.5 Å². The molecule has 1 aliphatic rings. The molecule has 0 saturated heterocycles. The SMILES string of the molecule is Cc1cccc(C2=CCC(N)(N)C=C2)c1C. The van der Waals surface area contributed by atoms with Crippen molar-refractivity contribution in [2.75, 3.05) is 0 Å². The Kier molecular flexibility index (Phi) is 2.70. The molecule has 0 amide bonds. The number of rotatable bonds is 1. The van der Waals surface area contributed by atoms with Crippen LogP contribution in [0.1, 0.15) is 23.1 Å². The molecule has 0 atom stereocenters. The molecule has 1 aromatic carbocycles. The Hall–Kier alpha value is -1.38. The van der Waals surface area contributed by atoms with Crippen LogP contribution in [0.15, 0.2) is 36.4 Å². The van der Waals surface area contributed by atoms with E-state index in [2.05, 4.69) is 38.1 Å². The van der Waals surface area contributed by atoms with E-state index in [0.717, 1.165) is 0 Å². The van der Waals surface area contributed by atoms with Crippen molar-refractivity contribution in [1.29, 1.82) is 0 Å². The van der Waals surface area contributed by atoms with Crippen LogP contribution in [0.3, 0.4) is 0 Å². The highest BCUT2D eigenvalue weighted by Gasteiger charge is 2.18. The maximum atomic E-state index is 5.83. The van der Waals surface area contributed by atoms with Crippen LogP contribution >= 0.6 is 0 Å². The van der Waals surface area contributed by atoms with Gasteiger partial charge in [0.1, 0.15) is 0 Å². The third-order valence-electron chi connectivity index (χ3n) is 3.16. The minimum Gasteiger partial charge on any atom is -0.310 e. The van der Waals surface area contributed by atoms with E-state index in [1.165, 1.54) is 22.3 Å². The first kappa shape index (κ1) is 11.1. The fraction of sp³-hybridized carbons (Fsp3) is 0.286. The summed E-state index contributed by atoms with van der Waals surface area (Å²) < 4.78 is 0. The third-order valence-corrected chi connectivity index (χ3v) is 3.16. The highest BCUT2D eigenvalue weighted by molar-refractivity contribution is 5.77. The summed E-state index contributed by atoms with van der Waals surface area (Å²) in [6, 6.07) is 6.35. The summed E-state index contributed by atoms with van der Waals surface area (Å²) in [4.78, 5) is 0. The largest absolute Gasteiger partial charge is 0.310 e. The van der Waals surface area contributed by atoms with Crippen molar-refractivity contribution in [2.45, 2.75) is 25.9 Å². The molecule has 84 valence electrons. The van der Waals surface area contributed by atoms with Crippen molar-refractivity contribution in [3.63, 3.8) is 0 Å². The molecule has 0 heterocycles. The fourth-order valence-corrected chi connectivity index (χ4v) is 1.93. The summed E-state index contributed by atoms with van der Waals surface area (Å²) in [6.45, 7) is 4.27. The molecule has 0 radical (unpaired) electrons. The number of hydrogen-bond donors (Lipinski definition) is 2. The van der Waals surface area contributed by atoms with E-state index in [9.17, 15) is 0 Å². The van der Waals surface area contributed by atoms with Gasteiger partial charge in [0.05, 0.1) is 5.66 Å². The van der Waals surface area contributed by atoms with E-state index >= 15 is 0 Å². The van der Waals surface area contributed by atoms with E-state index < -0.39 is 5.66 Å². The molecule has 16 heavy (non-hydrogen) atoms. The Morgan fingerprint density at radius 1 is 1.19 bits per heavy atom. The molecule has 1 aromatic rings. The molecule has 0 bridgehead atoms. The minimum absolute atomic E-state index is 0.679. The number of hydrogen-bond acceptors (Lipinski definition) is 2. The lowest BCUT2D eigenvalue weighted by atomic mass is 9.90. The first-order valence-corrected chi connectivity index (χ1v) is 5.53. The number of allylic oxidation sites excluding steroid dienone is 2.